The van der Waals surface area contributed by atoms with E-state index in [-0.39, 0.29) is 5.97 Å². The average molecular weight is 265 g/mol. The van der Waals surface area contributed by atoms with Crippen LogP contribution in [0.4, 0.5) is 0 Å². The van der Waals surface area contributed by atoms with Gasteiger partial charge in [-0.1, -0.05) is 18.5 Å². The lowest BCUT2D eigenvalue weighted by Crippen LogP contribution is -2.07. The largest absolute Gasteiger partial charge is 0.465 e. The fourth-order valence-corrected chi connectivity index (χ4v) is 2.94. The summed E-state index contributed by atoms with van der Waals surface area (Å²) in [5, 5.41) is 0. The van der Waals surface area contributed by atoms with Gasteiger partial charge < -0.3 is 4.74 Å². The lowest BCUT2D eigenvalue weighted by atomic mass is 10.5. The van der Waals surface area contributed by atoms with Gasteiger partial charge in [0.2, 0.25) is 0 Å². The molecular weight excluding hydrogens is 252 g/mol. The topological polar surface area (TPSA) is 26.3 Å². The molecule has 0 bridgehead atoms. The van der Waals surface area contributed by atoms with Gasteiger partial charge in [0.1, 0.15) is 0 Å². The van der Waals surface area contributed by atoms with Gasteiger partial charge in [-0.3, -0.25) is 4.79 Å². The first kappa shape index (κ1) is 12.9. The van der Waals surface area contributed by atoms with Crippen molar-refractivity contribution in [1.82, 2.24) is 0 Å². The van der Waals surface area contributed by atoms with Gasteiger partial charge in [0.05, 0.1) is 16.7 Å². The van der Waals surface area contributed by atoms with Crippen LogP contribution in [-0.4, -0.2) is 18.3 Å². The van der Waals surface area contributed by atoms with E-state index in [2.05, 4.69) is 0 Å². The van der Waals surface area contributed by atoms with Crippen molar-refractivity contribution in [3.8, 4) is 0 Å². The Morgan fingerprint density at radius 3 is 3.00 bits per heavy atom. The maximum Gasteiger partial charge on any atom is 0.315 e. The molecule has 0 aromatic carbocycles. The van der Waals surface area contributed by atoms with Gasteiger partial charge in [-0.15, -0.1) is 23.1 Å². The predicted octanol–water partition coefficient (Wildman–Crippen LogP) is 3.59. The summed E-state index contributed by atoms with van der Waals surface area (Å²) in [6.45, 7) is 2.50. The SMILES string of the molecule is CCCOC(=O)CSCc1ccc(Cl)s1. The van der Waals surface area contributed by atoms with E-state index in [9.17, 15) is 4.79 Å². The third-order valence-electron chi connectivity index (χ3n) is 1.56. The summed E-state index contributed by atoms with van der Waals surface area (Å²) in [6, 6.07) is 3.86. The highest BCUT2D eigenvalue weighted by atomic mass is 35.5. The summed E-state index contributed by atoms with van der Waals surface area (Å²) >= 11 is 8.89. The number of ether oxygens (including phenoxy) is 1. The number of thiophene rings is 1. The quantitative estimate of drug-likeness (QED) is 0.735. The number of hydrogen-bond donors (Lipinski definition) is 0. The Kier molecular flexibility index (Phi) is 6.13. The molecule has 0 atom stereocenters. The molecule has 0 radical (unpaired) electrons. The van der Waals surface area contributed by atoms with Crippen LogP contribution in [-0.2, 0) is 15.3 Å². The van der Waals surface area contributed by atoms with E-state index in [4.69, 9.17) is 16.3 Å². The van der Waals surface area contributed by atoms with Crippen molar-refractivity contribution in [2.24, 2.45) is 0 Å². The molecule has 0 spiro atoms. The highest BCUT2D eigenvalue weighted by molar-refractivity contribution is 7.99. The molecule has 0 aliphatic heterocycles. The Morgan fingerprint density at radius 1 is 1.60 bits per heavy atom. The molecular formula is C10H13ClO2S2. The number of carbonyl (C=O) groups excluding carboxylic acids is 1. The van der Waals surface area contributed by atoms with E-state index in [1.807, 2.05) is 19.1 Å². The van der Waals surface area contributed by atoms with Crippen molar-refractivity contribution in [2.75, 3.05) is 12.4 Å². The summed E-state index contributed by atoms with van der Waals surface area (Å²) in [4.78, 5) is 12.3. The van der Waals surface area contributed by atoms with Crippen LogP contribution in [0.2, 0.25) is 4.34 Å². The van der Waals surface area contributed by atoms with E-state index in [0.717, 1.165) is 16.5 Å². The fourth-order valence-electron chi connectivity index (χ4n) is 0.922. The number of halogens is 1. The van der Waals surface area contributed by atoms with Gasteiger partial charge in [-0.05, 0) is 18.6 Å². The van der Waals surface area contributed by atoms with Crippen LogP contribution < -0.4 is 0 Å². The Bertz CT molecular complexity index is 312. The third kappa shape index (κ3) is 5.44. The number of thioether (sulfide) groups is 1. The zero-order valence-corrected chi connectivity index (χ0v) is 10.9. The summed E-state index contributed by atoms with van der Waals surface area (Å²) in [6.07, 6.45) is 0.872. The van der Waals surface area contributed by atoms with Gasteiger partial charge in [-0.2, -0.15) is 0 Å². The molecule has 1 aromatic rings. The number of rotatable bonds is 6. The minimum Gasteiger partial charge on any atom is -0.465 e. The normalized spacial score (nSPS) is 10.3. The average Bonchev–Trinajstić information content (AvgIpc) is 2.61. The number of carbonyl (C=O) groups is 1. The lowest BCUT2D eigenvalue weighted by Gasteiger charge is -2.01. The van der Waals surface area contributed by atoms with E-state index in [0.29, 0.717) is 12.4 Å². The predicted molar refractivity (Wildman–Crippen MR) is 66.7 cm³/mol. The van der Waals surface area contributed by atoms with E-state index < -0.39 is 0 Å². The lowest BCUT2D eigenvalue weighted by molar-refractivity contribution is -0.140. The smallest absolute Gasteiger partial charge is 0.315 e. The molecule has 1 aromatic heterocycles. The van der Waals surface area contributed by atoms with Crippen LogP contribution >= 0.6 is 34.7 Å². The van der Waals surface area contributed by atoms with Crippen molar-refractivity contribution in [3.05, 3.63) is 21.3 Å². The summed E-state index contributed by atoms with van der Waals surface area (Å²) < 4.78 is 5.74. The standard InChI is InChI=1S/C10H13ClO2S2/c1-2-5-13-10(12)7-14-6-8-3-4-9(11)15-8/h3-4H,2,5-7H2,1H3. The summed E-state index contributed by atoms with van der Waals surface area (Å²) in [5.74, 6) is 1.10. The molecule has 0 aliphatic carbocycles. The minimum atomic E-state index is -0.135. The Hall–Kier alpha value is -0.190. The van der Waals surface area contributed by atoms with Crippen LogP contribution in [0, 0.1) is 0 Å². The first-order valence-electron chi connectivity index (χ1n) is 4.70. The number of hydrogen-bond acceptors (Lipinski definition) is 4. The molecule has 84 valence electrons. The zero-order valence-electron chi connectivity index (χ0n) is 8.49. The summed E-state index contributed by atoms with van der Waals surface area (Å²) in [7, 11) is 0. The van der Waals surface area contributed by atoms with Crippen molar-refractivity contribution in [3.63, 3.8) is 0 Å². The van der Waals surface area contributed by atoms with Crippen LogP contribution in [0.3, 0.4) is 0 Å². The van der Waals surface area contributed by atoms with Crippen molar-refractivity contribution in [2.45, 2.75) is 19.1 Å². The molecule has 1 rings (SSSR count). The molecule has 0 saturated heterocycles. The minimum absolute atomic E-state index is 0.135. The maximum atomic E-state index is 11.1. The van der Waals surface area contributed by atoms with Crippen molar-refractivity contribution in [1.29, 1.82) is 0 Å². The highest BCUT2D eigenvalue weighted by Gasteiger charge is 2.03. The molecule has 2 nitrogen and oxygen atoms in total. The van der Waals surface area contributed by atoms with Crippen LogP contribution in [0.15, 0.2) is 12.1 Å². The molecule has 0 fully saturated rings. The van der Waals surface area contributed by atoms with Crippen molar-refractivity contribution >= 4 is 40.7 Å². The molecule has 0 amide bonds. The van der Waals surface area contributed by atoms with Crippen LogP contribution in [0.5, 0.6) is 0 Å². The van der Waals surface area contributed by atoms with E-state index in [1.54, 1.807) is 23.1 Å². The van der Waals surface area contributed by atoms with E-state index >= 15 is 0 Å². The second-order valence-electron chi connectivity index (χ2n) is 2.92. The monoisotopic (exact) mass is 264 g/mol. The maximum absolute atomic E-state index is 11.1. The van der Waals surface area contributed by atoms with Crippen LogP contribution in [0.1, 0.15) is 18.2 Å². The first-order chi connectivity index (χ1) is 7.22. The van der Waals surface area contributed by atoms with Gasteiger partial charge in [0.25, 0.3) is 0 Å². The third-order valence-corrected chi connectivity index (χ3v) is 3.93. The Balaban J connectivity index is 2.13. The highest BCUT2D eigenvalue weighted by Crippen LogP contribution is 2.25. The molecule has 15 heavy (non-hydrogen) atoms. The molecule has 1 heterocycles. The van der Waals surface area contributed by atoms with Crippen molar-refractivity contribution < 1.29 is 9.53 Å². The van der Waals surface area contributed by atoms with Crippen LogP contribution in [0.25, 0.3) is 0 Å². The zero-order chi connectivity index (χ0) is 11.1. The molecule has 0 aliphatic rings. The second-order valence-corrected chi connectivity index (χ2v) is 5.70. The fraction of sp³-hybridized carbons (Fsp3) is 0.500. The summed E-state index contributed by atoms with van der Waals surface area (Å²) in [5.41, 5.74) is 0. The van der Waals surface area contributed by atoms with Gasteiger partial charge in [0.15, 0.2) is 0 Å². The molecule has 0 unspecified atom stereocenters. The molecule has 0 saturated carbocycles. The number of esters is 1. The molecule has 0 N–H and O–H groups in total. The van der Waals surface area contributed by atoms with Gasteiger partial charge in [0, 0.05) is 10.6 Å². The second kappa shape index (κ2) is 7.14. The Labute approximate surface area is 103 Å². The van der Waals surface area contributed by atoms with Gasteiger partial charge >= 0.3 is 5.97 Å². The first-order valence-corrected chi connectivity index (χ1v) is 7.05. The Morgan fingerprint density at radius 2 is 2.40 bits per heavy atom. The van der Waals surface area contributed by atoms with Gasteiger partial charge in [-0.25, -0.2) is 0 Å². The molecule has 5 heteroatoms. The van der Waals surface area contributed by atoms with E-state index in [1.165, 1.54) is 4.88 Å².